The van der Waals surface area contributed by atoms with Crippen LogP contribution < -0.4 is 20.5 Å². The molecule has 0 saturated carbocycles. The normalized spacial score (nSPS) is 14.2. The first kappa shape index (κ1) is 31.5. The molecule has 0 bridgehead atoms. The van der Waals surface area contributed by atoms with Crippen molar-refractivity contribution in [1.29, 1.82) is 0 Å². The predicted molar refractivity (Wildman–Crippen MR) is 135 cm³/mol. The van der Waals surface area contributed by atoms with E-state index in [9.17, 15) is 9.90 Å². The number of carbonyl (C=O) groups is 1. The molecule has 4 N–H and O–H groups in total. The van der Waals surface area contributed by atoms with Crippen LogP contribution in [0.5, 0.6) is 11.5 Å². The van der Waals surface area contributed by atoms with Crippen LogP contribution in [0.3, 0.4) is 0 Å². The second-order valence-corrected chi connectivity index (χ2v) is 9.82. The molecule has 1 aromatic rings. The summed E-state index contributed by atoms with van der Waals surface area (Å²) in [4.78, 5) is 12.1. The molecule has 0 spiro atoms. The Morgan fingerprint density at radius 1 is 1.15 bits per heavy atom. The van der Waals surface area contributed by atoms with Crippen LogP contribution >= 0.6 is 12.4 Å². The molecule has 1 rings (SSSR count). The average Bonchev–Trinajstić information content (AvgIpc) is 2.73. The van der Waals surface area contributed by atoms with Crippen molar-refractivity contribution in [2.45, 2.75) is 66.0 Å². The van der Waals surface area contributed by atoms with Gasteiger partial charge in [0.1, 0.15) is 0 Å². The number of benzene rings is 1. The van der Waals surface area contributed by atoms with Crippen LogP contribution in [-0.4, -0.2) is 57.1 Å². The van der Waals surface area contributed by atoms with E-state index in [0.717, 1.165) is 24.2 Å². The summed E-state index contributed by atoms with van der Waals surface area (Å²) in [5.41, 5.74) is 6.95. The highest BCUT2D eigenvalue weighted by molar-refractivity contribution is 5.85. The Morgan fingerprint density at radius 2 is 1.82 bits per heavy atom. The van der Waals surface area contributed by atoms with E-state index in [-0.39, 0.29) is 30.8 Å². The molecule has 8 heteroatoms. The Labute approximate surface area is 206 Å². The van der Waals surface area contributed by atoms with E-state index < -0.39 is 17.6 Å². The highest BCUT2D eigenvalue weighted by Gasteiger charge is 2.26. The van der Waals surface area contributed by atoms with Crippen molar-refractivity contribution in [3.63, 3.8) is 0 Å². The number of hydrogen-bond acceptors (Lipinski definition) is 6. The summed E-state index contributed by atoms with van der Waals surface area (Å²) >= 11 is 0. The minimum atomic E-state index is -0.793. The van der Waals surface area contributed by atoms with Gasteiger partial charge in [-0.25, -0.2) is 0 Å². The van der Waals surface area contributed by atoms with Gasteiger partial charge in [-0.2, -0.15) is 0 Å². The van der Waals surface area contributed by atoms with Gasteiger partial charge >= 0.3 is 0 Å². The molecule has 1 aromatic carbocycles. The number of methoxy groups -OCH3 is 2. The molecule has 0 fully saturated rings. The van der Waals surface area contributed by atoms with Gasteiger partial charge in [0.05, 0.1) is 19.8 Å². The van der Waals surface area contributed by atoms with E-state index >= 15 is 0 Å². The van der Waals surface area contributed by atoms with Gasteiger partial charge < -0.3 is 30.4 Å². The molecule has 0 heterocycles. The van der Waals surface area contributed by atoms with Crippen LogP contribution in [-0.2, 0) is 16.0 Å². The maximum atomic E-state index is 12.1. The maximum Gasteiger partial charge on any atom is 0.225 e. The van der Waals surface area contributed by atoms with Crippen LogP contribution in [0.1, 0.15) is 53.0 Å². The van der Waals surface area contributed by atoms with Crippen molar-refractivity contribution in [2.24, 2.45) is 23.0 Å². The Kier molecular flexibility index (Phi) is 14.7. The molecule has 1 amide bonds. The summed E-state index contributed by atoms with van der Waals surface area (Å²) in [5.74, 6) is 1.98. The number of halogens is 1. The van der Waals surface area contributed by atoms with Crippen molar-refractivity contribution in [3.8, 4) is 11.5 Å². The summed E-state index contributed by atoms with van der Waals surface area (Å²) in [7, 11) is 3.31. The molecule has 0 radical (unpaired) electrons. The van der Waals surface area contributed by atoms with E-state index in [4.69, 9.17) is 19.9 Å². The summed E-state index contributed by atoms with van der Waals surface area (Å²) in [6.07, 6.45) is 1.47. The molecule has 0 aromatic heterocycles. The van der Waals surface area contributed by atoms with Gasteiger partial charge in [0, 0.05) is 38.1 Å². The zero-order valence-electron chi connectivity index (χ0n) is 21.3. The molecule has 0 aliphatic heterocycles. The lowest BCUT2D eigenvalue weighted by Crippen LogP contribution is -2.47. The Hall–Kier alpha value is -1.54. The summed E-state index contributed by atoms with van der Waals surface area (Å²) in [6, 6.07) is 5.56. The monoisotopic (exact) mass is 488 g/mol. The van der Waals surface area contributed by atoms with Crippen LogP contribution in [0.25, 0.3) is 0 Å². The third kappa shape index (κ3) is 11.4. The van der Waals surface area contributed by atoms with Gasteiger partial charge in [0.25, 0.3) is 0 Å². The lowest BCUT2D eigenvalue weighted by Gasteiger charge is -2.28. The van der Waals surface area contributed by atoms with Gasteiger partial charge in [0.15, 0.2) is 11.5 Å². The SMILES string of the molecule is COCCCOc1cc(CC(CC(N)C(O)CNC(=O)C(C)(C)C)C(C)C)ccc1OC.Cl. The van der Waals surface area contributed by atoms with Crippen LogP contribution in [0.2, 0.25) is 0 Å². The summed E-state index contributed by atoms with van der Waals surface area (Å²) in [6.45, 7) is 11.2. The van der Waals surface area contributed by atoms with E-state index in [1.165, 1.54) is 0 Å². The molecule has 0 aliphatic rings. The highest BCUT2D eigenvalue weighted by Crippen LogP contribution is 2.31. The number of ether oxygens (including phenoxy) is 3. The lowest BCUT2D eigenvalue weighted by molar-refractivity contribution is -0.129. The number of carbonyl (C=O) groups excluding carboxylic acids is 1. The molecule has 0 saturated heterocycles. The fraction of sp³-hybridized carbons (Fsp3) is 0.720. The molecule has 3 atom stereocenters. The van der Waals surface area contributed by atoms with Gasteiger partial charge in [-0.15, -0.1) is 12.4 Å². The van der Waals surface area contributed by atoms with Crippen LogP contribution in [0.4, 0.5) is 0 Å². The van der Waals surface area contributed by atoms with Crippen molar-refractivity contribution >= 4 is 18.3 Å². The number of nitrogens with one attached hydrogen (secondary N) is 1. The number of amides is 1. The maximum absolute atomic E-state index is 12.1. The topological polar surface area (TPSA) is 103 Å². The Bertz CT molecular complexity index is 694. The third-order valence-electron chi connectivity index (χ3n) is 5.64. The Balaban J connectivity index is 0.0000102. The standard InChI is InChI=1S/C25H44N2O5.ClH/c1-17(2)19(15-20(26)21(28)16-27-24(29)25(3,4)5)13-18-9-10-22(31-7)23(14-18)32-12-8-11-30-6;/h9-10,14,17,19-21,28H,8,11-13,15-16,26H2,1-7H3,(H,27,29);1H. The molecule has 0 aliphatic carbocycles. The molecule has 192 valence electrons. The van der Waals surface area contributed by atoms with E-state index in [0.29, 0.717) is 31.3 Å². The van der Waals surface area contributed by atoms with E-state index in [1.807, 2.05) is 39.0 Å². The fourth-order valence-corrected chi connectivity index (χ4v) is 3.36. The average molecular weight is 489 g/mol. The number of rotatable bonds is 14. The number of aliphatic hydroxyl groups is 1. The molecular formula is C25H45ClN2O5. The molecule has 3 unspecified atom stereocenters. The van der Waals surface area contributed by atoms with Crippen LogP contribution in [0.15, 0.2) is 18.2 Å². The van der Waals surface area contributed by atoms with Gasteiger partial charge in [-0.1, -0.05) is 40.7 Å². The van der Waals surface area contributed by atoms with E-state index in [1.54, 1.807) is 14.2 Å². The zero-order valence-corrected chi connectivity index (χ0v) is 22.2. The molecule has 7 nitrogen and oxygen atoms in total. The third-order valence-corrected chi connectivity index (χ3v) is 5.64. The lowest BCUT2D eigenvalue weighted by atomic mass is 9.83. The summed E-state index contributed by atoms with van der Waals surface area (Å²) in [5, 5.41) is 13.3. The largest absolute Gasteiger partial charge is 0.493 e. The van der Waals surface area contributed by atoms with Crippen molar-refractivity contribution in [3.05, 3.63) is 23.8 Å². The van der Waals surface area contributed by atoms with Crippen molar-refractivity contribution in [1.82, 2.24) is 5.32 Å². The fourth-order valence-electron chi connectivity index (χ4n) is 3.36. The van der Waals surface area contributed by atoms with Gasteiger partial charge in [-0.3, -0.25) is 4.79 Å². The van der Waals surface area contributed by atoms with Gasteiger partial charge in [0.2, 0.25) is 5.91 Å². The zero-order chi connectivity index (χ0) is 24.3. The second-order valence-electron chi connectivity index (χ2n) is 9.82. The predicted octanol–water partition coefficient (Wildman–Crippen LogP) is 3.59. The molecule has 33 heavy (non-hydrogen) atoms. The highest BCUT2D eigenvalue weighted by atomic mass is 35.5. The number of nitrogens with two attached hydrogens (primary N) is 1. The first-order chi connectivity index (χ1) is 15.0. The first-order valence-corrected chi connectivity index (χ1v) is 11.5. The van der Waals surface area contributed by atoms with E-state index in [2.05, 4.69) is 19.2 Å². The minimum absolute atomic E-state index is 0. The number of hydrogen-bond donors (Lipinski definition) is 3. The van der Waals surface area contributed by atoms with Crippen molar-refractivity contribution < 1.29 is 24.1 Å². The summed E-state index contributed by atoms with van der Waals surface area (Å²) < 4.78 is 16.4. The minimum Gasteiger partial charge on any atom is -0.493 e. The quantitative estimate of drug-likeness (QED) is 0.346. The van der Waals surface area contributed by atoms with Crippen molar-refractivity contribution in [2.75, 3.05) is 34.0 Å². The molecular weight excluding hydrogens is 444 g/mol. The Morgan fingerprint density at radius 3 is 2.36 bits per heavy atom. The van der Waals surface area contributed by atoms with Gasteiger partial charge in [-0.05, 0) is 42.4 Å². The second kappa shape index (κ2) is 15.4. The van der Waals surface area contributed by atoms with Crippen LogP contribution in [0, 0.1) is 17.3 Å². The first-order valence-electron chi connectivity index (χ1n) is 11.5. The number of aliphatic hydroxyl groups excluding tert-OH is 1. The smallest absolute Gasteiger partial charge is 0.225 e.